The molecule has 110 valence electrons. The Labute approximate surface area is 115 Å². The first-order valence-corrected chi connectivity index (χ1v) is 7.15. The van der Waals surface area contributed by atoms with Crippen molar-refractivity contribution in [3.8, 4) is 0 Å². The number of aliphatic imine (C=N–C) groups is 1. The van der Waals surface area contributed by atoms with Crippen LogP contribution in [0, 0.1) is 0 Å². The first-order chi connectivity index (χ1) is 9.16. The largest absolute Gasteiger partial charge is 0.379 e. The molecular formula is C13H26N4O2. The standard InChI is InChI=1S/C13H26N4O2/c1-11(16-3-6-18-7-4-16)9-15-13(14)17-5-8-19-12(2)10-17/h11-12H,3-10H2,1-2H3,(H2,14,15). The molecule has 2 unspecified atom stereocenters. The summed E-state index contributed by atoms with van der Waals surface area (Å²) in [6.07, 6.45) is 0.235. The quantitative estimate of drug-likeness (QED) is 0.565. The molecule has 2 heterocycles. The number of hydrogen-bond donors (Lipinski definition) is 1. The molecule has 2 rings (SSSR count). The van der Waals surface area contributed by atoms with Gasteiger partial charge in [0.15, 0.2) is 5.96 Å². The van der Waals surface area contributed by atoms with Crippen molar-refractivity contribution in [1.82, 2.24) is 9.80 Å². The van der Waals surface area contributed by atoms with E-state index in [4.69, 9.17) is 15.2 Å². The fraction of sp³-hybridized carbons (Fsp3) is 0.923. The van der Waals surface area contributed by atoms with Crippen LogP contribution >= 0.6 is 0 Å². The van der Waals surface area contributed by atoms with E-state index in [1.165, 1.54) is 0 Å². The van der Waals surface area contributed by atoms with Crippen molar-refractivity contribution in [3.63, 3.8) is 0 Å². The minimum Gasteiger partial charge on any atom is -0.379 e. The molecule has 0 radical (unpaired) electrons. The maximum atomic E-state index is 6.07. The van der Waals surface area contributed by atoms with E-state index < -0.39 is 0 Å². The van der Waals surface area contributed by atoms with E-state index in [9.17, 15) is 0 Å². The van der Waals surface area contributed by atoms with Crippen LogP contribution in [0.25, 0.3) is 0 Å². The van der Waals surface area contributed by atoms with Crippen molar-refractivity contribution in [3.05, 3.63) is 0 Å². The van der Waals surface area contributed by atoms with Crippen LogP contribution in [-0.2, 0) is 9.47 Å². The van der Waals surface area contributed by atoms with Gasteiger partial charge in [-0.05, 0) is 13.8 Å². The molecule has 2 N–H and O–H groups in total. The van der Waals surface area contributed by atoms with Gasteiger partial charge >= 0.3 is 0 Å². The average molecular weight is 270 g/mol. The minimum atomic E-state index is 0.235. The van der Waals surface area contributed by atoms with Crippen molar-refractivity contribution >= 4 is 5.96 Å². The second-order valence-electron chi connectivity index (χ2n) is 5.32. The van der Waals surface area contributed by atoms with Gasteiger partial charge in [0, 0.05) is 32.2 Å². The molecule has 6 heteroatoms. The number of morpholine rings is 2. The predicted molar refractivity (Wildman–Crippen MR) is 75.3 cm³/mol. The molecule has 0 bridgehead atoms. The molecule has 2 aliphatic rings. The molecule has 0 amide bonds. The zero-order valence-corrected chi connectivity index (χ0v) is 12.0. The Balaban J connectivity index is 1.79. The van der Waals surface area contributed by atoms with Crippen LogP contribution in [0.4, 0.5) is 0 Å². The SMILES string of the molecule is CC1CN(C(N)=NCC(C)N2CCOCC2)CCO1. The molecule has 0 aromatic carbocycles. The van der Waals surface area contributed by atoms with Gasteiger partial charge < -0.3 is 20.1 Å². The van der Waals surface area contributed by atoms with Crippen LogP contribution in [0.1, 0.15) is 13.8 Å². The van der Waals surface area contributed by atoms with Gasteiger partial charge in [-0.2, -0.15) is 0 Å². The topological polar surface area (TPSA) is 63.3 Å². The van der Waals surface area contributed by atoms with Crippen molar-refractivity contribution in [2.24, 2.45) is 10.7 Å². The Morgan fingerprint density at radius 1 is 1.32 bits per heavy atom. The summed E-state index contributed by atoms with van der Waals surface area (Å²) in [6, 6.07) is 0.418. The van der Waals surface area contributed by atoms with Gasteiger partial charge in [0.25, 0.3) is 0 Å². The number of hydrogen-bond acceptors (Lipinski definition) is 4. The summed E-state index contributed by atoms with van der Waals surface area (Å²) >= 11 is 0. The van der Waals surface area contributed by atoms with Gasteiger partial charge in [-0.15, -0.1) is 0 Å². The van der Waals surface area contributed by atoms with Gasteiger partial charge in [0.1, 0.15) is 0 Å². The summed E-state index contributed by atoms with van der Waals surface area (Å²) < 4.78 is 10.9. The Morgan fingerprint density at radius 3 is 2.74 bits per heavy atom. The molecular weight excluding hydrogens is 244 g/mol. The maximum absolute atomic E-state index is 6.07. The summed E-state index contributed by atoms with van der Waals surface area (Å²) in [5.41, 5.74) is 6.07. The van der Waals surface area contributed by atoms with Gasteiger partial charge in [-0.25, -0.2) is 0 Å². The summed E-state index contributed by atoms with van der Waals surface area (Å²) in [6.45, 7) is 11.0. The normalized spacial score (nSPS) is 28.4. The Hall–Kier alpha value is -0.850. The van der Waals surface area contributed by atoms with Crippen molar-refractivity contribution in [1.29, 1.82) is 0 Å². The molecule has 2 aliphatic heterocycles. The third kappa shape index (κ3) is 4.33. The number of rotatable bonds is 3. The second kappa shape index (κ2) is 7.07. The van der Waals surface area contributed by atoms with Gasteiger partial charge in [-0.3, -0.25) is 9.89 Å². The number of ether oxygens (including phenoxy) is 2. The van der Waals surface area contributed by atoms with E-state index in [1.807, 2.05) is 0 Å². The summed E-state index contributed by atoms with van der Waals surface area (Å²) in [7, 11) is 0. The Bertz CT molecular complexity index is 305. The fourth-order valence-electron chi connectivity index (χ4n) is 2.49. The van der Waals surface area contributed by atoms with Crippen LogP contribution in [-0.4, -0.2) is 80.4 Å². The summed E-state index contributed by atoms with van der Waals surface area (Å²) in [4.78, 5) is 9.06. The van der Waals surface area contributed by atoms with Crippen LogP contribution in [0.15, 0.2) is 4.99 Å². The Kier molecular flexibility index (Phi) is 5.42. The summed E-state index contributed by atoms with van der Waals surface area (Å²) in [5, 5.41) is 0. The van der Waals surface area contributed by atoms with E-state index in [2.05, 4.69) is 28.6 Å². The van der Waals surface area contributed by atoms with Gasteiger partial charge in [0.05, 0.1) is 32.5 Å². The van der Waals surface area contributed by atoms with Crippen LogP contribution in [0.3, 0.4) is 0 Å². The lowest BCUT2D eigenvalue weighted by Crippen LogP contribution is -2.48. The molecule has 6 nitrogen and oxygen atoms in total. The molecule has 19 heavy (non-hydrogen) atoms. The molecule has 0 aliphatic carbocycles. The summed E-state index contributed by atoms with van der Waals surface area (Å²) in [5.74, 6) is 0.648. The third-order valence-electron chi connectivity index (χ3n) is 3.75. The molecule has 0 aromatic heterocycles. The highest BCUT2D eigenvalue weighted by atomic mass is 16.5. The lowest BCUT2D eigenvalue weighted by Gasteiger charge is -2.33. The first kappa shape index (κ1) is 14.6. The number of nitrogens with two attached hydrogens (primary N) is 1. The van der Waals surface area contributed by atoms with E-state index in [0.29, 0.717) is 12.0 Å². The van der Waals surface area contributed by atoms with Crippen molar-refractivity contribution in [2.45, 2.75) is 26.0 Å². The number of nitrogens with zero attached hydrogens (tertiary/aromatic N) is 3. The highest BCUT2D eigenvalue weighted by Crippen LogP contribution is 2.06. The van der Waals surface area contributed by atoms with E-state index in [1.54, 1.807) is 0 Å². The van der Waals surface area contributed by atoms with Crippen molar-refractivity contribution in [2.75, 3.05) is 52.5 Å². The minimum absolute atomic E-state index is 0.235. The van der Waals surface area contributed by atoms with Crippen LogP contribution < -0.4 is 5.73 Å². The number of guanidine groups is 1. The molecule has 2 fully saturated rings. The second-order valence-corrected chi connectivity index (χ2v) is 5.32. The lowest BCUT2D eigenvalue weighted by atomic mass is 10.2. The first-order valence-electron chi connectivity index (χ1n) is 7.15. The zero-order chi connectivity index (χ0) is 13.7. The van der Waals surface area contributed by atoms with E-state index in [0.717, 1.165) is 52.5 Å². The van der Waals surface area contributed by atoms with Gasteiger partial charge in [-0.1, -0.05) is 0 Å². The van der Waals surface area contributed by atoms with E-state index in [-0.39, 0.29) is 6.10 Å². The molecule has 2 saturated heterocycles. The van der Waals surface area contributed by atoms with Crippen LogP contribution in [0.2, 0.25) is 0 Å². The average Bonchev–Trinajstić information content (AvgIpc) is 2.45. The zero-order valence-electron chi connectivity index (χ0n) is 12.0. The lowest BCUT2D eigenvalue weighted by molar-refractivity contribution is 0.00504. The Morgan fingerprint density at radius 2 is 2.05 bits per heavy atom. The molecule has 2 atom stereocenters. The molecule has 0 aromatic rings. The van der Waals surface area contributed by atoms with Crippen LogP contribution in [0.5, 0.6) is 0 Å². The third-order valence-corrected chi connectivity index (χ3v) is 3.75. The maximum Gasteiger partial charge on any atom is 0.191 e. The van der Waals surface area contributed by atoms with Crippen molar-refractivity contribution < 1.29 is 9.47 Å². The van der Waals surface area contributed by atoms with E-state index >= 15 is 0 Å². The monoisotopic (exact) mass is 270 g/mol. The van der Waals surface area contributed by atoms with Gasteiger partial charge in [0.2, 0.25) is 0 Å². The highest BCUT2D eigenvalue weighted by molar-refractivity contribution is 5.78. The molecule has 0 saturated carbocycles. The highest BCUT2D eigenvalue weighted by Gasteiger charge is 2.19. The molecule has 0 spiro atoms. The smallest absolute Gasteiger partial charge is 0.191 e. The fourth-order valence-corrected chi connectivity index (χ4v) is 2.49. The predicted octanol–water partition coefficient (Wildman–Crippen LogP) is -0.257.